The Balaban J connectivity index is 1.68. The Morgan fingerprint density at radius 1 is 1.29 bits per heavy atom. The summed E-state index contributed by atoms with van der Waals surface area (Å²) in [4.78, 5) is 0. The minimum atomic E-state index is -2.87. The van der Waals surface area contributed by atoms with Crippen LogP contribution in [-0.2, 0) is 22.8 Å². The number of nitrogens with one attached hydrogen (secondary N) is 1. The minimum absolute atomic E-state index is 0.125. The Morgan fingerprint density at radius 3 is 2.71 bits per heavy atom. The lowest BCUT2D eigenvalue weighted by molar-refractivity contribution is 0.138. The van der Waals surface area contributed by atoms with Crippen LogP contribution in [0, 0.1) is 0 Å². The minimum Gasteiger partial charge on any atom is -0.487 e. The Kier molecular flexibility index (Phi) is 3.33. The second-order valence-corrected chi connectivity index (χ2v) is 9.42. The van der Waals surface area contributed by atoms with E-state index < -0.39 is 9.84 Å². The van der Waals surface area contributed by atoms with Gasteiger partial charge in [0.2, 0.25) is 0 Å². The van der Waals surface area contributed by atoms with E-state index in [4.69, 9.17) is 4.74 Å². The third-order valence-electron chi connectivity index (χ3n) is 4.35. The van der Waals surface area contributed by atoms with Gasteiger partial charge in [0, 0.05) is 18.5 Å². The highest BCUT2D eigenvalue weighted by Gasteiger charge is 2.38. The van der Waals surface area contributed by atoms with Gasteiger partial charge in [0.25, 0.3) is 0 Å². The van der Waals surface area contributed by atoms with E-state index in [1.165, 1.54) is 11.1 Å². The van der Waals surface area contributed by atoms with Gasteiger partial charge in [0.15, 0.2) is 9.84 Å². The fourth-order valence-electron chi connectivity index (χ4n) is 3.24. The van der Waals surface area contributed by atoms with Crippen molar-refractivity contribution >= 4 is 9.84 Å². The lowest BCUT2D eigenvalue weighted by atomic mass is 9.99. The van der Waals surface area contributed by atoms with Crippen molar-refractivity contribution in [2.75, 3.05) is 11.5 Å². The summed E-state index contributed by atoms with van der Waals surface area (Å²) in [5.41, 5.74) is 2.00. The van der Waals surface area contributed by atoms with Gasteiger partial charge >= 0.3 is 0 Å². The van der Waals surface area contributed by atoms with E-state index in [2.05, 4.69) is 31.3 Å². The Hall–Kier alpha value is -1.07. The first-order valence-corrected chi connectivity index (χ1v) is 9.25. The van der Waals surface area contributed by atoms with Crippen molar-refractivity contribution in [3.63, 3.8) is 0 Å². The van der Waals surface area contributed by atoms with Crippen molar-refractivity contribution in [3.05, 3.63) is 29.3 Å². The molecule has 1 unspecified atom stereocenters. The fraction of sp³-hybridized carbons (Fsp3) is 0.625. The lowest BCUT2D eigenvalue weighted by Crippen LogP contribution is -2.42. The summed E-state index contributed by atoms with van der Waals surface area (Å²) in [7, 11) is -2.87. The van der Waals surface area contributed by atoms with Crippen LogP contribution in [0.5, 0.6) is 5.75 Å². The molecule has 3 rings (SSSR count). The zero-order valence-electron chi connectivity index (χ0n) is 12.9. The maximum Gasteiger partial charge on any atom is 0.152 e. The van der Waals surface area contributed by atoms with E-state index in [1.54, 1.807) is 0 Å². The van der Waals surface area contributed by atoms with E-state index >= 15 is 0 Å². The first-order chi connectivity index (χ1) is 9.67. The van der Waals surface area contributed by atoms with E-state index in [-0.39, 0.29) is 16.9 Å². The quantitative estimate of drug-likeness (QED) is 0.928. The molecule has 5 heteroatoms. The van der Waals surface area contributed by atoms with Gasteiger partial charge < -0.3 is 10.1 Å². The van der Waals surface area contributed by atoms with E-state index in [1.807, 2.05) is 13.0 Å². The average molecular weight is 309 g/mol. The molecular formula is C16H23NO3S. The van der Waals surface area contributed by atoms with Crippen LogP contribution < -0.4 is 10.1 Å². The smallest absolute Gasteiger partial charge is 0.152 e. The van der Waals surface area contributed by atoms with Crippen LogP contribution in [0.15, 0.2) is 18.2 Å². The molecule has 0 aromatic heterocycles. The summed E-state index contributed by atoms with van der Waals surface area (Å²) in [6, 6.07) is 6.25. The second kappa shape index (κ2) is 4.71. The van der Waals surface area contributed by atoms with Crippen LogP contribution >= 0.6 is 0 Å². The topological polar surface area (TPSA) is 55.4 Å². The van der Waals surface area contributed by atoms with Gasteiger partial charge in [-0.3, -0.25) is 0 Å². The van der Waals surface area contributed by atoms with E-state index in [0.717, 1.165) is 12.2 Å². The molecule has 1 saturated heterocycles. The molecule has 0 spiro atoms. The highest BCUT2D eigenvalue weighted by Crippen LogP contribution is 2.35. The molecule has 1 fully saturated rings. The SMILES string of the molecule is CC1(NCc2ccc3c(c2)CC(C)(C)O3)CCS(=O)(=O)C1. The van der Waals surface area contributed by atoms with Crippen molar-refractivity contribution in [1.82, 2.24) is 5.32 Å². The molecule has 2 aliphatic heterocycles. The van der Waals surface area contributed by atoms with Crippen molar-refractivity contribution in [1.29, 1.82) is 0 Å². The maximum absolute atomic E-state index is 11.6. The summed E-state index contributed by atoms with van der Waals surface area (Å²) in [6.07, 6.45) is 1.61. The number of hydrogen-bond donors (Lipinski definition) is 1. The second-order valence-electron chi connectivity index (χ2n) is 7.24. The molecule has 2 heterocycles. The third kappa shape index (κ3) is 3.24. The van der Waals surface area contributed by atoms with E-state index in [0.29, 0.717) is 18.7 Å². The standard InChI is InChI=1S/C16H23NO3S/c1-15(2)9-13-8-12(4-5-14(13)20-15)10-17-16(3)6-7-21(18,19)11-16/h4-5,8,17H,6-7,9-11H2,1-3H3. The molecular weight excluding hydrogens is 286 g/mol. The largest absolute Gasteiger partial charge is 0.487 e. The molecule has 4 nitrogen and oxygen atoms in total. The van der Waals surface area contributed by atoms with Gasteiger partial charge in [0.05, 0.1) is 11.5 Å². The molecule has 2 aliphatic rings. The maximum atomic E-state index is 11.6. The average Bonchev–Trinajstić information content (AvgIpc) is 2.81. The summed E-state index contributed by atoms with van der Waals surface area (Å²) in [5.74, 6) is 1.50. The van der Waals surface area contributed by atoms with Gasteiger partial charge in [-0.05, 0) is 44.4 Å². The van der Waals surface area contributed by atoms with Crippen molar-refractivity contribution in [2.45, 2.75) is 51.3 Å². The molecule has 1 atom stereocenters. The number of ether oxygens (including phenoxy) is 1. The lowest BCUT2D eigenvalue weighted by Gasteiger charge is -2.24. The number of sulfone groups is 1. The zero-order valence-corrected chi connectivity index (χ0v) is 13.7. The molecule has 0 radical (unpaired) electrons. The molecule has 0 amide bonds. The van der Waals surface area contributed by atoms with Crippen molar-refractivity contribution in [3.8, 4) is 5.75 Å². The summed E-state index contributed by atoms with van der Waals surface area (Å²) >= 11 is 0. The Labute approximate surface area is 126 Å². The van der Waals surface area contributed by atoms with Crippen LogP contribution in [0.3, 0.4) is 0 Å². The number of fused-ring (bicyclic) bond motifs is 1. The van der Waals surface area contributed by atoms with Crippen LogP contribution in [0.1, 0.15) is 38.3 Å². The van der Waals surface area contributed by atoms with Gasteiger partial charge in [-0.1, -0.05) is 12.1 Å². The molecule has 1 N–H and O–H groups in total. The number of benzene rings is 1. The van der Waals surface area contributed by atoms with Gasteiger partial charge in [0.1, 0.15) is 11.4 Å². The normalized spacial score (nSPS) is 29.1. The molecule has 1 aromatic rings. The molecule has 116 valence electrons. The van der Waals surface area contributed by atoms with Crippen LogP contribution in [0.2, 0.25) is 0 Å². The number of hydrogen-bond acceptors (Lipinski definition) is 4. The predicted molar refractivity (Wildman–Crippen MR) is 83.4 cm³/mol. The molecule has 0 saturated carbocycles. The molecule has 0 bridgehead atoms. The van der Waals surface area contributed by atoms with Gasteiger partial charge in [-0.25, -0.2) is 8.42 Å². The van der Waals surface area contributed by atoms with Crippen LogP contribution in [-0.4, -0.2) is 31.1 Å². The van der Waals surface area contributed by atoms with Crippen LogP contribution in [0.25, 0.3) is 0 Å². The number of rotatable bonds is 3. The molecule has 21 heavy (non-hydrogen) atoms. The summed E-state index contributed by atoms with van der Waals surface area (Å²) in [6.45, 7) is 6.88. The Bertz CT molecular complexity index is 666. The first-order valence-electron chi connectivity index (χ1n) is 7.43. The molecule has 0 aliphatic carbocycles. The highest BCUT2D eigenvalue weighted by molar-refractivity contribution is 7.91. The summed E-state index contributed by atoms with van der Waals surface area (Å²) < 4.78 is 29.1. The van der Waals surface area contributed by atoms with Gasteiger partial charge in [-0.15, -0.1) is 0 Å². The zero-order chi connectivity index (χ0) is 15.3. The van der Waals surface area contributed by atoms with Crippen molar-refractivity contribution < 1.29 is 13.2 Å². The predicted octanol–water partition coefficient (Wildman–Crippen LogP) is 2.07. The van der Waals surface area contributed by atoms with Crippen LogP contribution in [0.4, 0.5) is 0 Å². The Morgan fingerprint density at radius 2 is 2.05 bits per heavy atom. The van der Waals surface area contributed by atoms with E-state index in [9.17, 15) is 8.42 Å². The summed E-state index contributed by atoms with van der Waals surface area (Å²) in [5, 5.41) is 3.42. The van der Waals surface area contributed by atoms with Crippen molar-refractivity contribution in [2.24, 2.45) is 0 Å². The van der Waals surface area contributed by atoms with Gasteiger partial charge in [-0.2, -0.15) is 0 Å². The monoisotopic (exact) mass is 309 g/mol. The first kappa shape index (κ1) is 14.9. The fourth-order valence-corrected chi connectivity index (χ4v) is 5.36. The third-order valence-corrected chi connectivity index (χ3v) is 6.25. The molecule has 1 aromatic carbocycles. The highest BCUT2D eigenvalue weighted by atomic mass is 32.2.